The van der Waals surface area contributed by atoms with Crippen molar-refractivity contribution in [3.05, 3.63) is 53.1 Å². The van der Waals surface area contributed by atoms with Crippen molar-refractivity contribution in [2.75, 3.05) is 37.7 Å². The first kappa shape index (κ1) is 22.3. The van der Waals surface area contributed by atoms with Crippen molar-refractivity contribution >= 4 is 17.4 Å². The van der Waals surface area contributed by atoms with Crippen LogP contribution in [0.15, 0.2) is 36.4 Å². The summed E-state index contributed by atoms with van der Waals surface area (Å²) >= 11 is 0. The summed E-state index contributed by atoms with van der Waals surface area (Å²) < 4.78 is 11.4. The van der Waals surface area contributed by atoms with Crippen molar-refractivity contribution in [3.63, 3.8) is 0 Å². The normalized spacial score (nSPS) is 14.4. The fourth-order valence-corrected chi connectivity index (χ4v) is 4.52. The molecule has 1 N–H and O–H groups in total. The predicted molar refractivity (Wildman–Crippen MR) is 125 cm³/mol. The van der Waals surface area contributed by atoms with Gasteiger partial charge < -0.3 is 19.7 Å². The van der Waals surface area contributed by atoms with Crippen LogP contribution in [0.25, 0.3) is 0 Å². The van der Waals surface area contributed by atoms with E-state index in [4.69, 9.17) is 9.47 Å². The van der Waals surface area contributed by atoms with Crippen LogP contribution < -0.4 is 19.7 Å². The van der Waals surface area contributed by atoms with Crippen LogP contribution in [0, 0.1) is 0 Å². The van der Waals surface area contributed by atoms with E-state index in [2.05, 4.69) is 5.32 Å². The Morgan fingerprint density at radius 3 is 2.66 bits per heavy atom. The van der Waals surface area contributed by atoms with Gasteiger partial charge in [-0.05, 0) is 74.5 Å². The van der Waals surface area contributed by atoms with Crippen LogP contribution in [-0.4, -0.2) is 44.5 Å². The molecule has 170 valence electrons. The number of Topliss-reactive ketones (excluding diaryl/α,β-unsaturated/α-hetero) is 1. The van der Waals surface area contributed by atoms with E-state index in [9.17, 15) is 9.59 Å². The quantitative estimate of drug-likeness (QED) is 0.403. The SMILES string of the molecule is CCOc1ccccc1OCCNCCCCC(=O)c1cc2c3c(c1)CC(=O)N3CCC2. The van der Waals surface area contributed by atoms with Gasteiger partial charge in [-0.3, -0.25) is 9.59 Å². The zero-order valence-electron chi connectivity index (χ0n) is 18.8. The lowest BCUT2D eigenvalue weighted by atomic mass is 9.94. The van der Waals surface area contributed by atoms with Gasteiger partial charge in [0.15, 0.2) is 17.3 Å². The zero-order valence-corrected chi connectivity index (χ0v) is 18.8. The van der Waals surface area contributed by atoms with Crippen LogP contribution in [0.5, 0.6) is 11.5 Å². The second-order valence-electron chi connectivity index (χ2n) is 8.33. The monoisotopic (exact) mass is 436 g/mol. The zero-order chi connectivity index (χ0) is 22.3. The number of hydrogen-bond acceptors (Lipinski definition) is 5. The van der Waals surface area contributed by atoms with Crippen molar-refractivity contribution in [2.24, 2.45) is 0 Å². The smallest absolute Gasteiger partial charge is 0.231 e. The molecular formula is C26H32N2O4. The summed E-state index contributed by atoms with van der Waals surface area (Å²) in [6.07, 6.45) is 4.68. The average molecular weight is 437 g/mol. The number of benzene rings is 2. The van der Waals surface area contributed by atoms with E-state index in [1.54, 1.807) is 0 Å². The summed E-state index contributed by atoms with van der Waals surface area (Å²) in [6, 6.07) is 11.7. The molecule has 2 heterocycles. The maximum absolute atomic E-state index is 12.7. The lowest BCUT2D eigenvalue weighted by molar-refractivity contribution is -0.117. The minimum absolute atomic E-state index is 0.169. The van der Waals surface area contributed by atoms with Gasteiger partial charge in [-0.25, -0.2) is 0 Å². The Balaban J connectivity index is 1.15. The van der Waals surface area contributed by atoms with E-state index >= 15 is 0 Å². The number of carbonyl (C=O) groups excluding carboxylic acids is 2. The van der Waals surface area contributed by atoms with E-state index in [1.807, 2.05) is 48.2 Å². The lowest BCUT2D eigenvalue weighted by Gasteiger charge is -2.25. The number of nitrogens with one attached hydrogen (secondary N) is 1. The summed E-state index contributed by atoms with van der Waals surface area (Å²) in [6.45, 7) is 5.54. The Kier molecular flexibility index (Phi) is 7.43. The van der Waals surface area contributed by atoms with Crippen LogP contribution >= 0.6 is 0 Å². The highest BCUT2D eigenvalue weighted by molar-refractivity contribution is 6.05. The molecule has 0 radical (unpaired) electrons. The molecule has 2 aromatic carbocycles. The maximum atomic E-state index is 12.7. The van der Waals surface area contributed by atoms with Gasteiger partial charge in [-0.1, -0.05) is 12.1 Å². The number of para-hydroxylation sites is 2. The number of anilines is 1. The highest BCUT2D eigenvalue weighted by atomic mass is 16.5. The van der Waals surface area contributed by atoms with Crippen molar-refractivity contribution in [3.8, 4) is 11.5 Å². The third-order valence-corrected chi connectivity index (χ3v) is 6.02. The molecule has 0 aliphatic carbocycles. The summed E-state index contributed by atoms with van der Waals surface area (Å²) in [5.74, 6) is 1.88. The molecule has 1 amide bonds. The molecule has 0 bridgehead atoms. The number of ketones is 1. The van der Waals surface area contributed by atoms with Crippen LogP contribution in [0.1, 0.15) is 54.1 Å². The summed E-state index contributed by atoms with van der Waals surface area (Å²) in [5.41, 5.74) is 4.04. The van der Waals surface area contributed by atoms with Gasteiger partial charge >= 0.3 is 0 Å². The van der Waals surface area contributed by atoms with Crippen molar-refractivity contribution in [2.45, 2.75) is 45.4 Å². The fourth-order valence-electron chi connectivity index (χ4n) is 4.52. The molecule has 0 fully saturated rings. The van der Waals surface area contributed by atoms with Gasteiger partial charge in [0.1, 0.15) is 6.61 Å². The molecule has 2 aromatic rings. The number of rotatable bonds is 12. The minimum Gasteiger partial charge on any atom is -0.490 e. The second-order valence-corrected chi connectivity index (χ2v) is 8.33. The van der Waals surface area contributed by atoms with E-state index in [-0.39, 0.29) is 11.7 Å². The molecule has 2 aliphatic heterocycles. The van der Waals surface area contributed by atoms with Crippen LogP contribution in [0.2, 0.25) is 0 Å². The average Bonchev–Trinajstić information content (AvgIpc) is 3.13. The first-order chi connectivity index (χ1) is 15.7. The van der Waals surface area contributed by atoms with Gasteiger partial charge in [0, 0.05) is 25.1 Å². The van der Waals surface area contributed by atoms with Crippen molar-refractivity contribution in [1.29, 1.82) is 0 Å². The Morgan fingerprint density at radius 2 is 1.84 bits per heavy atom. The molecule has 0 unspecified atom stereocenters. The largest absolute Gasteiger partial charge is 0.490 e. The Labute approximate surface area is 189 Å². The molecule has 0 saturated carbocycles. The predicted octanol–water partition coefficient (Wildman–Crippen LogP) is 3.94. The van der Waals surface area contributed by atoms with E-state index in [0.717, 1.165) is 79.2 Å². The Hall–Kier alpha value is -2.86. The molecule has 32 heavy (non-hydrogen) atoms. The lowest BCUT2D eigenvalue weighted by Crippen LogP contribution is -2.31. The van der Waals surface area contributed by atoms with E-state index < -0.39 is 0 Å². The molecule has 0 aromatic heterocycles. The fraction of sp³-hybridized carbons (Fsp3) is 0.462. The van der Waals surface area contributed by atoms with Crippen molar-refractivity contribution < 1.29 is 19.1 Å². The number of nitrogens with zero attached hydrogens (tertiary/aromatic N) is 1. The molecule has 6 heteroatoms. The maximum Gasteiger partial charge on any atom is 0.231 e. The molecule has 0 saturated heterocycles. The van der Waals surface area contributed by atoms with Gasteiger partial charge in [0.25, 0.3) is 0 Å². The topological polar surface area (TPSA) is 67.9 Å². The standard InChI is InChI=1S/C26H32N2O4/c1-2-31-23-10-3-4-11-24(23)32-15-13-27-12-6-5-9-22(29)20-16-19-8-7-14-28-25(30)18-21(17-20)26(19)28/h3-4,10-11,16-17,27H,2,5-9,12-15,18H2,1H3. The van der Waals surface area contributed by atoms with Gasteiger partial charge in [0.05, 0.1) is 18.7 Å². The highest BCUT2D eigenvalue weighted by Gasteiger charge is 2.32. The van der Waals surface area contributed by atoms with Crippen LogP contribution in [0.4, 0.5) is 5.69 Å². The van der Waals surface area contributed by atoms with Gasteiger partial charge in [0.2, 0.25) is 5.91 Å². The van der Waals surface area contributed by atoms with Crippen LogP contribution in [0.3, 0.4) is 0 Å². The number of hydrogen-bond donors (Lipinski definition) is 1. The van der Waals surface area contributed by atoms with Gasteiger partial charge in [-0.2, -0.15) is 0 Å². The summed E-state index contributed by atoms with van der Waals surface area (Å²) in [4.78, 5) is 26.8. The third-order valence-electron chi connectivity index (χ3n) is 6.02. The molecule has 6 nitrogen and oxygen atoms in total. The van der Waals surface area contributed by atoms with Gasteiger partial charge in [-0.15, -0.1) is 0 Å². The number of ether oxygens (including phenoxy) is 2. The van der Waals surface area contributed by atoms with E-state index in [0.29, 0.717) is 26.1 Å². The highest BCUT2D eigenvalue weighted by Crippen LogP contribution is 2.37. The number of amides is 1. The van der Waals surface area contributed by atoms with E-state index in [1.165, 1.54) is 0 Å². The number of aryl methyl sites for hydroxylation is 1. The molecule has 0 atom stereocenters. The Morgan fingerprint density at radius 1 is 1.06 bits per heavy atom. The third kappa shape index (κ3) is 5.13. The van der Waals surface area contributed by atoms with Crippen molar-refractivity contribution in [1.82, 2.24) is 5.32 Å². The molecule has 2 aliphatic rings. The molecule has 4 rings (SSSR count). The first-order valence-electron chi connectivity index (χ1n) is 11.7. The number of unbranched alkanes of at least 4 members (excludes halogenated alkanes) is 1. The molecular weight excluding hydrogens is 404 g/mol. The molecule has 0 spiro atoms. The first-order valence-corrected chi connectivity index (χ1v) is 11.7. The minimum atomic E-state index is 0.169. The number of carbonyl (C=O) groups is 2. The summed E-state index contributed by atoms with van der Waals surface area (Å²) in [5, 5.41) is 3.37. The summed E-state index contributed by atoms with van der Waals surface area (Å²) in [7, 11) is 0. The second kappa shape index (κ2) is 10.6. The Bertz CT molecular complexity index is 972. The van der Waals surface area contributed by atoms with Crippen LogP contribution in [-0.2, 0) is 17.6 Å².